The molecule has 2 N–H and O–H groups in total. The molecular weight excluding hydrogens is 218 g/mol. The van der Waals surface area contributed by atoms with Gasteiger partial charge in [-0.25, -0.2) is 0 Å². The molecular formula is C11H15N5O. The Labute approximate surface area is 99.4 Å². The Hall–Kier alpha value is -2.11. The second-order valence-electron chi connectivity index (χ2n) is 3.69. The zero-order valence-corrected chi connectivity index (χ0v) is 9.92. The van der Waals surface area contributed by atoms with E-state index in [0.717, 1.165) is 24.4 Å². The van der Waals surface area contributed by atoms with Gasteiger partial charge in [-0.2, -0.15) is 4.68 Å². The van der Waals surface area contributed by atoms with E-state index in [2.05, 4.69) is 22.4 Å². The summed E-state index contributed by atoms with van der Waals surface area (Å²) in [5.74, 6) is 1.50. The van der Waals surface area contributed by atoms with E-state index in [4.69, 9.17) is 10.5 Å². The van der Waals surface area contributed by atoms with Crippen LogP contribution in [0.15, 0.2) is 18.2 Å². The van der Waals surface area contributed by atoms with Crippen LogP contribution in [0.2, 0.25) is 0 Å². The van der Waals surface area contributed by atoms with Gasteiger partial charge in [-0.05, 0) is 35.0 Å². The van der Waals surface area contributed by atoms with E-state index in [1.165, 1.54) is 0 Å². The van der Waals surface area contributed by atoms with Gasteiger partial charge < -0.3 is 10.5 Å². The molecule has 0 atom stereocenters. The molecule has 0 fully saturated rings. The molecule has 1 aromatic carbocycles. The van der Waals surface area contributed by atoms with Crippen LogP contribution >= 0.6 is 0 Å². The molecule has 0 aliphatic heterocycles. The Morgan fingerprint density at radius 2 is 2.24 bits per heavy atom. The first-order chi connectivity index (χ1) is 8.26. The van der Waals surface area contributed by atoms with E-state index in [-0.39, 0.29) is 0 Å². The molecule has 1 aromatic heterocycles. The molecule has 6 nitrogen and oxygen atoms in total. The van der Waals surface area contributed by atoms with Gasteiger partial charge in [0.1, 0.15) is 11.4 Å². The van der Waals surface area contributed by atoms with Crippen LogP contribution < -0.4 is 10.5 Å². The number of rotatable bonds is 4. The fraction of sp³-hybridized carbons (Fsp3) is 0.364. The number of benzene rings is 1. The molecule has 0 amide bonds. The molecule has 17 heavy (non-hydrogen) atoms. The highest BCUT2D eigenvalue weighted by molar-refractivity contribution is 5.56. The molecule has 0 radical (unpaired) electrons. The minimum atomic E-state index is 0.652. The SMILES string of the molecule is CCCc1nnnn1-c1cc(N)ccc1OC. The maximum Gasteiger partial charge on any atom is 0.156 e. The van der Waals surface area contributed by atoms with E-state index in [1.54, 1.807) is 23.9 Å². The number of aryl methyl sites for hydroxylation is 1. The molecule has 0 saturated carbocycles. The van der Waals surface area contributed by atoms with Crippen molar-refractivity contribution in [2.24, 2.45) is 0 Å². The minimum Gasteiger partial charge on any atom is -0.494 e. The summed E-state index contributed by atoms with van der Waals surface area (Å²) >= 11 is 0. The van der Waals surface area contributed by atoms with Crippen molar-refractivity contribution in [1.82, 2.24) is 20.2 Å². The summed E-state index contributed by atoms with van der Waals surface area (Å²) in [7, 11) is 1.61. The van der Waals surface area contributed by atoms with Gasteiger partial charge in [-0.3, -0.25) is 0 Å². The van der Waals surface area contributed by atoms with Crippen LogP contribution in [0.25, 0.3) is 5.69 Å². The van der Waals surface area contributed by atoms with Crippen LogP contribution in [-0.4, -0.2) is 27.3 Å². The standard InChI is InChI=1S/C11H15N5O/c1-3-4-11-13-14-15-16(11)9-7-8(12)5-6-10(9)17-2/h5-7H,3-4,12H2,1-2H3. The first-order valence-electron chi connectivity index (χ1n) is 5.47. The third-order valence-electron chi connectivity index (χ3n) is 2.44. The molecule has 2 aromatic rings. The lowest BCUT2D eigenvalue weighted by Crippen LogP contribution is -2.05. The summed E-state index contributed by atoms with van der Waals surface area (Å²) in [6, 6.07) is 5.39. The summed E-state index contributed by atoms with van der Waals surface area (Å²) in [6.45, 7) is 2.08. The molecule has 2 rings (SSSR count). The molecule has 6 heteroatoms. The van der Waals surface area contributed by atoms with Gasteiger partial charge in [0.05, 0.1) is 7.11 Å². The lowest BCUT2D eigenvalue weighted by molar-refractivity contribution is 0.411. The highest BCUT2D eigenvalue weighted by atomic mass is 16.5. The summed E-state index contributed by atoms with van der Waals surface area (Å²) in [4.78, 5) is 0. The molecule has 0 unspecified atom stereocenters. The molecule has 0 saturated heterocycles. The number of anilines is 1. The summed E-state index contributed by atoms with van der Waals surface area (Å²) in [5, 5.41) is 11.7. The molecule has 0 aliphatic carbocycles. The van der Waals surface area contributed by atoms with Gasteiger partial charge in [0.15, 0.2) is 5.82 Å². The third kappa shape index (κ3) is 2.20. The number of hydrogen-bond acceptors (Lipinski definition) is 5. The maximum atomic E-state index is 5.77. The number of hydrogen-bond donors (Lipinski definition) is 1. The summed E-state index contributed by atoms with van der Waals surface area (Å²) in [6.07, 6.45) is 1.79. The monoisotopic (exact) mass is 233 g/mol. The second kappa shape index (κ2) is 4.82. The molecule has 0 aliphatic rings. The van der Waals surface area contributed by atoms with Gasteiger partial charge in [0, 0.05) is 12.1 Å². The largest absolute Gasteiger partial charge is 0.494 e. The van der Waals surface area contributed by atoms with Gasteiger partial charge in [-0.1, -0.05) is 6.92 Å². The van der Waals surface area contributed by atoms with Gasteiger partial charge in [0.25, 0.3) is 0 Å². The van der Waals surface area contributed by atoms with Crippen molar-refractivity contribution in [3.05, 3.63) is 24.0 Å². The number of ether oxygens (including phenoxy) is 1. The van der Waals surface area contributed by atoms with E-state index in [1.807, 2.05) is 6.07 Å². The quantitative estimate of drug-likeness (QED) is 0.803. The molecule has 90 valence electrons. The van der Waals surface area contributed by atoms with Gasteiger partial charge in [0.2, 0.25) is 0 Å². The number of nitrogens with zero attached hydrogens (tertiary/aromatic N) is 4. The third-order valence-corrected chi connectivity index (χ3v) is 2.44. The lowest BCUT2D eigenvalue weighted by Gasteiger charge is -2.09. The van der Waals surface area contributed by atoms with Crippen molar-refractivity contribution in [3.63, 3.8) is 0 Å². The smallest absolute Gasteiger partial charge is 0.156 e. The number of tetrazole rings is 1. The van der Waals surface area contributed by atoms with E-state index in [0.29, 0.717) is 11.4 Å². The average molecular weight is 233 g/mol. The fourth-order valence-electron chi connectivity index (χ4n) is 1.64. The number of methoxy groups -OCH3 is 1. The first-order valence-corrected chi connectivity index (χ1v) is 5.47. The van der Waals surface area contributed by atoms with Crippen molar-refractivity contribution in [3.8, 4) is 11.4 Å². The van der Waals surface area contributed by atoms with Crippen molar-refractivity contribution < 1.29 is 4.74 Å². The minimum absolute atomic E-state index is 0.652. The first kappa shape index (κ1) is 11.4. The predicted octanol–water partition coefficient (Wildman–Crippen LogP) is 1.21. The Kier molecular flexibility index (Phi) is 3.22. The topological polar surface area (TPSA) is 78.9 Å². The lowest BCUT2D eigenvalue weighted by atomic mass is 10.2. The average Bonchev–Trinajstić information content (AvgIpc) is 2.77. The number of nitrogen functional groups attached to an aromatic ring is 1. The highest BCUT2D eigenvalue weighted by Gasteiger charge is 2.12. The zero-order chi connectivity index (χ0) is 12.3. The Balaban J connectivity index is 2.51. The zero-order valence-electron chi connectivity index (χ0n) is 9.92. The number of nitrogens with two attached hydrogens (primary N) is 1. The van der Waals surface area contributed by atoms with Crippen molar-refractivity contribution >= 4 is 5.69 Å². The van der Waals surface area contributed by atoms with Crippen LogP contribution in [-0.2, 0) is 6.42 Å². The van der Waals surface area contributed by atoms with Crippen LogP contribution in [0.3, 0.4) is 0 Å². The van der Waals surface area contributed by atoms with Crippen LogP contribution in [0.1, 0.15) is 19.2 Å². The Morgan fingerprint density at radius 1 is 1.41 bits per heavy atom. The molecule has 1 heterocycles. The maximum absolute atomic E-state index is 5.77. The van der Waals surface area contributed by atoms with E-state index < -0.39 is 0 Å². The normalized spacial score (nSPS) is 10.5. The summed E-state index contributed by atoms with van der Waals surface area (Å²) < 4.78 is 6.95. The van der Waals surface area contributed by atoms with E-state index in [9.17, 15) is 0 Å². The van der Waals surface area contributed by atoms with Crippen LogP contribution in [0.4, 0.5) is 5.69 Å². The fourth-order valence-corrected chi connectivity index (χ4v) is 1.64. The number of aromatic nitrogens is 4. The van der Waals surface area contributed by atoms with Gasteiger partial charge >= 0.3 is 0 Å². The Morgan fingerprint density at radius 3 is 2.94 bits per heavy atom. The second-order valence-corrected chi connectivity index (χ2v) is 3.69. The molecule has 0 bridgehead atoms. The van der Waals surface area contributed by atoms with Crippen molar-refractivity contribution in [1.29, 1.82) is 0 Å². The van der Waals surface area contributed by atoms with Crippen molar-refractivity contribution in [2.45, 2.75) is 19.8 Å². The molecule has 0 spiro atoms. The van der Waals surface area contributed by atoms with E-state index >= 15 is 0 Å². The highest BCUT2D eigenvalue weighted by Crippen LogP contribution is 2.25. The van der Waals surface area contributed by atoms with Gasteiger partial charge in [-0.15, -0.1) is 5.10 Å². The van der Waals surface area contributed by atoms with Crippen LogP contribution in [0.5, 0.6) is 5.75 Å². The Bertz CT molecular complexity index is 508. The summed E-state index contributed by atoms with van der Waals surface area (Å²) in [5.41, 5.74) is 7.19. The van der Waals surface area contributed by atoms with Crippen molar-refractivity contribution in [2.75, 3.05) is 12.8 Å². The predicted molar refractivity (Wildman–Crippen MR) is 64.1 cm³/mol. The van der Waals surface area contributed by atoms with Crippen LogP contribution in [0, 0.1) is 0 Å².